The minimum absolute atomic E-state index is 0.157. The minimum Gasteiger partial charge on any atom is -0.356 e. The molecule has 41 heavy (non-hydrogen) atoms. The number of hydrogen-bond acceptors (Lipinski definition) is 3. The lowest BCUT2D eigenvalue weighted by Crippen LogP contribution is -2.57. The second-order valence-corrected chi connectivity index (χ2v) is 11.1. The molecule has 210 valence electrons. The molecule has 1 aromatic heterocycles. The molecule has 0 saturated heterocycles. The largest absolute Gasteiger partial charge is 0.356 e. The van der Waals surface area contributed by atoms with Gasteiger partial charge in [-0.05, 0) is 35.2 Å². The Bertz CT molecular complexity index is 1580. The zero-order chi connectivity index (χ0) is 28.3. The van der Waals surface area contributed by atoms with E-state index in [1.165, 1.54) is 0 Å². The summed E-state index contributed by atoms with van der Waals surface area (Å²) >= 11 is 0. The summed E-state index contributed by atoms with van der Waals surface area (Å²) in [5.74, 6) is -0.668. The number of H-pyrrole nitrogens is 1. The Hall–Kier alpha value is -4.39. The number of amides is 3. The predicted molar refractivity (Wildman–Crippen MR) is 159 cm³/mol. The first-order valence-electron chi connectivity index (χ1n) is 14.7. The normalized spacial score (nSPS) is 18.0. The molecule has 0 fully saturated rings. The third-order valence-corrected chi connectivity index (χ3v) is 8.40. The number of unbranched alkanes of at least 4 members (excludes halogenated alkanes) is 3. The van der Waals surface area contributed by atoms with Crippen LogP contribution in [0.3, 0.4) is 0 Å². The van der Waals surface area contributed by atoms with Crippen molar-refractivity contribution in [3.05, 3.63) is 107 Å². The SMILES string of the molecule is CCCCCCNC(=O)[C@H](Cc1ccccc1)NC(=O)[C@@H]1Cc2c([nH]c3ccccc23)C2c3ccccc3C(=O)N21. The molecule has 7 nitrogen and oxygen atoms in total. The zero-order valence-corrected chi connectivity index (χ0v) is 23.4. The molecule has 3 N–H and O–H groups in total. The van der Waals surface area contributed by atoms with E-state index in [2.05, 4.69) is 28.6 Å². The Balaban J connectivity index is 1.30. The lowest BCUT2D eigenvalue weighted by Gasteiger charge is -2.37. The number of benzene rings is 3. The first-order chi connectivity index (χ1) is 20.1. The van der Waals surface area contributed by atoms with Crippen LogP contribution in [0.4, 0.5) is 0 Å². The third-order valence-electron chi connectivity index (χ3n) is 8.40. The molecular formula is C34H36N4O3. The lowest BCUT2D eigenvalue weighted by atomic mass is 9.89. The maximum Gasteiger partial charge on any atom is 0.255 e. The van der Waals surface area contributed by atoms with Gasteiger partial charge in [-0.2, -0.15) is 0 Å². The molecule has 0 spiro atoms. The van der Waals surface area contributed by atoms with Crippen molar-refractivity contribution in [1.82, 2.24) is 20.5 Å². The van der Waals surface area contributed by atoms with Crippen LogP contribution in [0.1, 0.15) is 71.4 Å². The molecular weight excluding hydrogens is 512 g/mol. The molecule has 0 bridgehead atoms. The molecule has 0 aliphatic carbocycles. The van der Waals surface area contributed by atoms with E-state index in [0.717, 1.165) is 59.0 Å². The van der Waals surface area contributed by atoms with Crippen molar-refractivity contribution in [2.45, 2.75) is 63.6 Å². The Morgan fingerprint density at radius 1 is 0.951 bits per heavy atom. The smallest absolute Gasteiger partial charge is 0.255 e. The molecule has 1 unspecified atom stereocenters. The number of rotatable bonds is 10. The third kappa shape index (κ3) is 5.12. The van der Waals surface area contributed by atoms with Crippen molar-refractivity contribution in [3.63, 3.8) is 0 Å². The monoisotopic (exact) mass is 548 g/mol. The van der Waals surface area contributed by atoms with Crippen molar-refractivity contribution < 1.29 is 14.4 Å². The van der Waals surface area contributed by atoms with Gasteiger partial charge in [0.1, 0.15) is 12.1 Å². The van der Waals surface area contributed by atoms with Crippen molar-refractivity contribution in [2.75, 3.05) is 6.54 Å². The van der Waals surface area contributed by atoms with Crippen LogP contribution in [-0.2, 0) is 22.4 Å². The van der Waals surface area contributed by atoms with E-state index in [9.17, 15) is 14.4 Å². The van der Waals surface area contributed by atoms with Gasteiger partial charge in [0.15, 0.2) is 0 Å². The highest BCUT2D eigenvalue weighted by Gasteiger charge is 2.49. The lowest BCUT2D eigenvalue weighted by molar-refractivity contribution is -0.132. The topological polar surface area (TPSA) is 94.3 Å². The number of para-hydroxylation sites is 1. The predicted octanol–water partition coefficient (Wildman–Crippen LogP) is 5.06. The molecule has 3 heterocycles. The number of nitrogens with one attached hydrogen (secondary N) is 3. The highest BCUT2D eigenvalue weighted by atomic mass is 16.2. The van der Waals surface area contributed by atoms with Crippen molar-refractivity contribution in [3.8, 4) is 0 Å². The average Bonchev–Trinajstić information content (AvgIpc) is 3.52. The summed E-state index contributed by atoms with van der Waals surface area (Å²) in [7, 11) is 0. The quantitative estimate of drug-likeness (QED) is 0.242. The van der Waals surface area contributed by atoms with E-state index >= 15 is 0 Å². The van der Waals surface area contributed by atoms with Crippen LogP contribution in [0.25, 0.3) is 10.9 Å². The van der Waals surface area contributed by atoms with Crippen LogP contribution in [0, 0.1) is 0 Å². The summed E-state index contributed by atoms with van der Waals surface area (Å²) in [4.78, 5) is 46.5. The van der Waals surface area contributed by atoms with Gasteiger partial charge in [0.25, 0.3) is 5.91 Å². The van der Waals surface area contributed by atoms with Gasteiger partial charge in [-0.25, -0.2) is 0 Å². The fourth-order valence-electron chi connectivity index (χ4n) is 6.35. The summed E-state index contributed by atoms with van der Waals surface area (Å²) in [5, 5.41) is 7.16. The van der Waals surface area contributed by atoms with Crippen LogP contribution in [0.5, 0.6) is 0 Å². The highest BCUT2D eigenvalue weighted by molar-refractivity contribution is 6.04. The van der Waals surface area contributed by atoms with Crippen molar-refractivity contribution in [2.24, 2.45) is 0 Å². The highest BCUT2D eigenvalue weighted by Crippen LogP contribution is 2.46. The Kier molecular flexibility index (Phi) is 7.59. The van der Waals surface area contributed by atoms with E-state index < -0.39 is 12.1 Å². The van der Waals surface area contributed by atoms with E-state index in [1.54, 1.807) is 4.90 Å². The van der Waals surface area contributed by atoms with Crippen LogP contribution in [0.2, 0.25) is 0 Å². The summed E-state index contributed by atoms with van der Waals surface area (Å²) in [6.07, 6.45) is 4.96. The van der Waals surface area contributed by atoms with Gasteiger partial charge < -0.3 is 20.5 Å². The van der Waals surface area contributed by atoms with Gasteiger partial charge in [0.2, 0.25) is 11.8 Å². The molecule has 2 aliphatic heterocycles. The molecule has 6 rings (SSSR count). The molecule has 4 aromatic rings. The molecule has 3 atom stereocenters. The van der Waals surface area contributed by atoms with E-state index in [4.69, 9.17) is 0 Å². The van der Waals surface area contributed by atoms with Gasteiger partial charge in [-0.1, -0.05) is 92.9 Å². The number of aromatic amines is 1. The van der Waals surface area contributed by atoms with E-state index in [1.807, 2.05) is 72.8 Å². The van der Waals surface area contributed by atoms with Crippen LogP contribution >= 0.6 is 0 Å². The molecule has 0 saturated carbocycles. The van der Waals surface area contributed by atoms with Gasteiger partial charge in [-0.3, -0.25) is 14.4 Å². The summed E-state index contributed by atoms with van der Waals surface area (Å²) in [6, 6.07) is 23.5. The van der Waals surface area contributed by atoms with Crippen molar-refractivity contribution in [1.29, 1.82) is 0 Å². The summed E-state index contributed by atoms with van der Waals surface area (Å²) < 4.78 is 0. The van der Waals surface area contributed by atoms with Crippen LogP contribution in [0.15, 0.2) is 78.9 Å². The van der Waals surface area contributed by atoms with Gasteiger partial charge in [-0.15, -0.1) is 0 Å². The zero-order valence-electron chi connectivity index (χ0n) is 23.4. The number of nitrogens with zero attached hydrogens (tertiary/aromatic N) is 1. The number of carbonyl (C=O) groups is 3. The van der Waals surface area contributed by atoms with Crippen molar-refractivity contribution >= 4 is 28.6 Å². The van der Waals surface area contributed by atoms with E-state index in [0.29, 0.717) is 24.9 Å². The maximum absolute atomic E-state index is 14.1. The molecule has 3 amide bonds. The minimum atomic E-state index is -0.751. The Morgan fingerprint density at radius 3 is 2.54 bits per heavy atom. The van der Waals surface area contributed by atoms with Crippen LogP contribution < -0.4 is 10.6 Å². The number of aromatic nitrogens is 1. The summed E-state index contributed by atoms with van der Waals surface area (Å²) in [6.45, 7) is 2.73. The fraction of sp³-hybridized carbons (Fsp3) is 0.324. The Labute approximate surface area is 240 Å². The number of carbonyl (C=O) groups excluding carboxylic acids is 3. The van der Waals surface area contributed by atoms with Crippen LogP contribution in [-0.4, -0.2) is 46.2 Å². The van der Waals surface area contributed by atoms with Gasteiger partial charge >= 0.3 is 0 Å². The molecule has 3 aromatic carbocycles. The average molecular weight is 549 g/mol. The van der Waals surface area contributed by atoms with E-state index in [-0.39, 0.29) is 23.8 Å². The second kappa shape index (κ2) is 11.6. The fourth-order valence-corrected chi connectivity index (χ4v) is 6.35. The summed E-state index contributed by atoms with van der Waals surface area (Å²) in [5.41, 5.74) is 5.47. The maximum atomic E-state index is 14.1. The number of hydrogen-bond donors (Lipinski definition) is 3. The van der Waals surface area contributed by atoms with Gasteiger partial charge in [0.05, 0.1) is 6.04 Å². The first kappa shape index (κ1) is 26.8. The molecule has 0 radical (unpaired) electrons. The van der Waals surface area contributed by atoms with Gasteiger partial charge in [0, 0.05) is 41.5 Å². The second-order valence-electron chi connectivity index (χ2n) is 11.1. The number of fused-ring (bicyclic) bond motifs is 7. The standard InChI is InChI=1S/C34H36N4O3/c1-2-3-4-12-19-35-32(39)28(20-22-13-6-5-7-14-22)37-33(40)29-21-26-23-15-10-11-18-27(23)36-30(26)31-24-16-8-9-17-25(24)34(41)38(29)31/h5-11,13-18,28-29,31,36H,2-4,12,19-21H2,1H3,(H,35,39)(H,37,40)/t28-,29-,31?/m0/s1. The Morgan fingerprint density at radius 2 is 1.71 bits per heavy atom. The molecule has 2 aliphatic rings. The first-order valence-corrected chi connectivity index (χ1v) is 14.7. The molecule has 7 heteroatoms.